The van der Waals surface area contributed by atoms with Gasteiger partial charge in [0, 0.05) is 19.3 Å². The minimum absolute atomic E-state index is 0.0983. The smallest absolute Gasteiger partial charge is 0.316 e. The number of aromatic nitrogens is 5. The molecule has 0 aliphatic heterocycles. The highest BCUT2D eigenvalue weighted by molar-refractivity contribution is 5.85. The molecule has 106 valence electrons. The monoisotopic (exact) mass is 287 g/mol. The first-order chi connectivity index (χ1) is 9.95. The first-order valence-corrected chi connectivity index (χ1v) is 5.72. The molecule has 3 aromatic rings. The normalized spacial score (nSPS) is 10.9. The number of carboxylic acids is 1. The number of fused-ring (bicyclic) bond motifs is 1. The zero-order chi connectivity index (χ0) is 15.1. The first-order valence-electron chi connectivity index (χ1n) is 5.72. The maximum Gasteiger partial charge on any atom is 0.316 e. The lowest BCUT2D eigenvalue weighted by Crippen LogP contribution is -2.22. The Bertz CT molecular complexity index is 880. The molecule has 0 spiro atoms. The highest BCUT2D eigenvalue weighted by atomic mass is 16.6. The SMILES string of the molecule is Cn1cc([N+](=O)[O-])c(-c2ccn3nc(C(=O)[O-])cc3n2)n1. The second-order valence-corrected chi connectivity index (χ2v) is 4.23. The van der Waals surface area contributed by atoms with Crippen molar-refractivity contribution in [3.05, 3.63) is 40.3 Å². The van der Waals surface area contributed by atoms with Gasteiger partial charge < -0.3 is 9.90 Å². The van der Waals surface area contributed by atoms with Crippen molar-refractivity contribution in [2.45, 2.75) is 0 Å². The fraction of sp³-hybridized carbons (Fsp3) is 0.0909. The Balaban J connectivity index is 2.17. The van der Waals surface area contributed by atoms with E-state index in [0.717, 1.165) is 0 Å². The maximum absolute atomic E-state index is 11.0. The molecule has 0 fully saturated rings. The van der Waals surface area contributed by atoms with Gasteiger partial charge in [-0.3, -0.25) is 14.8 Å². The summed E-state index contributed by atoms with van der Waals surface area (Å²) >= 11 is 0. The Morgan fingerprint density at radius 1 is 1.38 bits per heavy atom. The first kappa shape index (κ1) is 12.7. The molecule has 10 nitrogen and oxygen atoms in total. The van der Waals surface area contributed by atoms with Gasteiger partial charge in [0.05, 0.1) is 10.9 Å². The van der Waals surface area contributed by atoms with Crippen LogP contribution in [0.15, 0.2) is 24.5 Å². The number of hydrogen-bond acceptors (Lipinski definition) is 7. The van der Waals surface area contributed by atoms with E-state index >= 15 is 0 Å². The lowest BCUT2D eigenvalue weighted by Gasteiger charge is -1.97. The zero-order valence-electron chi connectivity index (χ0n) is 10.6. The van der Waals surface area contributed by atoms with E-state index in [2.05, 4.69) is 15.2 Å². The topological polar surface area (TPSA) is 131 Å². The summed E-state index contributed by atoms with van der Waals surface area (Å²) in [6.45, 7) is 0. The van der Waals surface area contributed by atoms with E-state index in [1.54, 1.807) is 7.05 Å². The van der Waals surface area contributed by atoms with Gasteiger partial charge >= 0.3 is 5.69 Å². The summed E-state index contributed by atoms with van der Waals surface area (Å²) in [4.78, 5) is 25.3. The summed E-state index contributed by atoms with van der Waals surface area (Å²) < 4.78 is 2.55. The number of hydrogen-bond donors (Lipinski definition) is 0. The summed E-state index contributed by atoms with van der Waals surface area (Å²) in [6.07, 6.45) is 2.71. The van der Waals surface area contributed by atoms with Crippen molar-refractivity contribution >= 4 is 17.3 Å². The number of rotatable bonds is 3. The summed E-state index contributed by atoms with van der Waals surface area (Å²) in [5.41, 5.74) is 0.122. The van der Waals surface area contributed by atoms with Gasteiger partial charge in [0.25, 0.3) is 0 Å². The molecule has 3 rings (SSSR count). The lowest BCUT2D eigenvalue weighted by atomic mass is 10.2. The highest BCUT2D eigenvalue weighted by Gasteiger charge is 2.21. The molecule has 0 aliphatic rings. The van der Waals surface area contributed by atoms with Gasteiger partial charge in [0.15, 0.2) is 11.3 Å². The van der Waals surface area contributed by atoms with E-state index in [1.165, 1.54) is 33.7 Å². The Hall–Kier alpha value is -3.30. The van der Waals surface area contributed by atoms with E-state index in [0.29, 0.717) is 0 Å². The van der Waals surface area contributed by atoms with Crippen LogP contribution in [0.5, 0.6) is 0 Å². The molecule has 0 N–H and O–H groups in total. The molecule has 0 amide bonds. The fourth-order valence-corrected chi connectivity index (χ4v) is 1.90. The minimum Gasteiger partial charge on any atom is -0.543 e. The molecular formula is C11H7N6O4-. The number of nitro groups is 1. The molecule has 3 aromatic heterocycles. The van der Waals surface area contributed by atoms with Gasteiger partial charge in [-0.25, -0.2) is 9.50 Å². The lowest BCUT2D eigenvalue weighted by molar-refractivity contribution is -0.384. The molecule has 0 saturated heterocycles. The van der Waals surface area contributed by atoms with E-state index in [-0.39, 0.29) is 28.4 Å². The van der Waals surface area contributed by atoms with Crippen LogP contribution in [0.2, 0.25) is 0 Å². The average molecular weight is 287 g/mol. The summed E-state index contributed by atoms with van der Waals surface area (Å²) in [7, 11) is 1.56. The van der Waals surface area contributed by atoms with Crippen molar-refractivity contribution in [1.82, 2.24) is 24.4 Å². The fourth-order valence-electron chi connectivity index (χ4n) is 1.90. The Morgan fingerprint density at radius 3 is 2.81 bits per heavy atom. The Labute approximate surface area is 116 Å². The largest absolute Gasteiger partial charge is 0.543 e. The summed E-state index contributed by atoms with van der Waals surface area (Å²) in [6, 6.07) is 2.68. The predicted octanol–water partition coefficient (Wildman–Crippen LogP) is -0.599. The van der Waals surface area contributed by atoms with Gasteiger partial charge in [-0.05, 0) is 6.07 Å². The number of carbonyl (C=O) groups excluding carboxylic acids is 1. The zero-order valence-corrected chi connectivity index (χ0v) is 10.6. The molecule has 0 saturated carbocycles. The molecular weight excluding hydrogens is 280 g/mol. The summed E-state index contributed by atoms with van der Waals surface area (Å²) in [5, 5.41) is 29.5. The van der Waals surface area contributed by atoms with E-state index in [4.69, 9.17) is 0 Å². The molecule has 3 heterocycles. The molecule has 0 atom stereocenters. The quantitative estimate of drug-likeness (QED) is 0.464. The second-order valence-electron chi connectivity index (χ2n) is 4.23. The number of carboxylic acid groups (broad SMARTS) is 1. The highest BCUT2D eigenvalue weighted by Crippen LogP contribution is 2.26. The standard InChI is InChI=1S/C11H8N6O4/c1-15-5-8(17(20)21)10(14-15)6-2-3-16-9(12-6)4-7(13-16)11(18)19/h2-5H,1H3,(H,18,19)/p-1. The van der Waals surface area contributed by atoms with Crippen molar-refractivity contribution < 1.29 is 14.8 Å². The van der Waals surface area contributed by atoms with Gasteiger partial charge in [-0.2, -0.15) is 10.2 Å². The molecule has 0 aromatic carbocycles. The second kappa shape index (κ2) is 4.37. The minimum atomic E-state index is -1.43. The third kappa shape index (κ3) is 2.08. The number of nitrogens with zero attached hydrogens (tertiary/aromatic N) is 6. The van der Waals surface area contributed by atoms with Crippen LogP contribution in [0.3, 0.4) is 0 Å². The average Bonchev–Trinajstić information content (AvgIpc) is 3.00. The molecule has 21 heavy (non-hydrogen) atoms. The summed E-state index contributed by atoms with van der Waals surface area (Å²) in [5.74, 6) is -1.43. The van der Waals surface area contributed by atoms with Crippen LogP contribution in [0.1, 0.15) is 10.5 Å². The van der Waals surface area contributed by atoms with Crippen LogP contribution in [0.25, 0.3) is 17.0 Å². The van der Waals surface area contributed by atoms with E-state index < -0.39 is 10.9 Å². The predicted molar refractivity (Wildman–Crippen MR) is 66.2 cm³/mol. The third-order valence-electron chi connectivity index (χ3n) is 2.78. The van der Waals surface area contributed by atoms with Crippen LogP contribution in [-0.4, -0.2) is 35.3 Å². The third-order valence-corrected chi connectivity index (χ3v) is 2.78. The van der Waals surface area contributed by atoms with Crippen LogP contribution in [0.4, 0.5) is 5.69 Å². The molecule has 0 radical (unpaired) electrons. The van der Waals surface area contributed by atoms with Crippen LogP contribution < -0.4 is 5.11 Å². The number of aromatic carboxylic acids is 1. The number of carbonyl (C=O) groups is 1. The molecule has 0 unspecified atom stereocenters. The Kier molecular flexibility index (Phi) is 2.65. The van der Waals surface area contributed by atoms with E-state index in [1.807, 2.05) is 0 Å². The Morgan fingerprint density at radius 2 is 2.14 bits per heavy atom. The van der Waals surface area contributed by atoms with Gasteiger partial charge in [0.2, 0.25) is 0 Å². The number of aryl methyl sites for hydroxylation is 1. The van der Waals surface area contributed by atoms with Crippen LogP contribution in [0, 0.1) is 10.1 Å². The van der Waals surface area contributed by atoms with Gasteiger partial charge in [-0.15, -0.1) is 0 Å². The molecule has 10 heteroatoms. The van der Waals surface area contributed by atoms with Crippen molar-refractivity contribution in [1.29, 1.82) is 0 Å². The van der Waals surface area contributed by atoms with Crippen LogP contribution >= 0.6 is 0 Å². The van der Waals surface area contributed by atoms with Crippen molar-refractivity contribution in [2.75, 3.05) is 0 Å². The molecule has 0 bridgehead atoms. The van der Waals surface area contributed by atoms with Crippen LogP contribution in [-0.2, 0) is 7.05 Å². The van der Waals surface area contributed by atoms with Gasteiger partial charge in [-0.1, -0.05) is 0 Å². The van der Waals surface area contributed by atoms with Crippen molar-refractivity contribution in [3.63, 3.8) is 0 Å². The molecule has 0 aliphatic carbocycles. The van der Waals surface area contributed by atoms with Crippen molar-refractivity contribution in [3.8, 4) is 11.4 Å². The van der Waals surface area contributed by atoms with Crippen molar-refractivity contribution in [2.24, 2.45) is 7.05 Å². The van der Waals surface area contributed by atoms with Gasteiger partial charge in [0.1, 0.15) is 17.6 Å². The van der Waals surface area contributed by atoms with E-state index in [9.17, 15) is 20.0 Å². The maximum atomic E-state index is 11.0.